The average Bonchev–Trinajstić information content (AvgIpc) is 3.40. The van der Waals surface area contributed by atoms with Crippen molar-refractivity contribution >= 4 is 22.9 Å². The highest BCUT2D eigenvalue weighted by Gasteiger charge is 2.61. The van der Waals surface area contributed by atoms with E-state index in [0.29, 0.717) is 35.4 Å². The van der Waals surface area contributed by atoms with Crippen molar-refractivity contribution in [2.45, 2.75) is 50.2 Å². The quantitative estimate of drug-likeness (QED) is 0.549. The zero-order valence-electron chi connectivity index (χ0n) is 17.9. The second kappa shape index (κ2) is 6.32. The van der Waals surface area contributed by atoms with Gasteiger partial charge in [-0.3, -0.25) is 4.90 Å². The van der Waals surface area contributed by atoms with Crippen LogP contribution in [0.5, 0.6) is 0 Å². The highest BCUT2D eigenvalue weighted by molar-refractivity contribution is 5.86. The molecule has 0 radical (unpaired) electrons. The van der Waals surface area contributed by atoms with E-state index >= 15 is 4.39 Å². The van der Waals surface area contributed by atoms with Crippen LogP contribution >= 0.6 is 0 Å². The molecule has 2 unspecified atom stereocenters. The smallest absolute Gasteiger partial charge is 0.328 e. The van der Waals surface area contributed by atoms with Gasteiger partial charge in [0.15, 0.2) is 0 Å². The Balaban J connectivity index is 1.49. The van der Waals surface area contributed by atoms with Gasteiger partial charge in [-0.05, 0) is 72.9 Å². The van der Waals surface area contributed by atoms with Crippen LogP contribution in [0.4, 0.5) is 4.39 Å². The van der Waals surface area contributed by atoms with Crippen LogP contribution in [0.1, 0.15) is 59.7 Å². The molecule has 4 atom stereocenters. The molecule has 3 saturated carbocycles. The fourth-order valence-corrected chi connectivity index (χ4v) is 7.45. The van der Waals surface area contributed by atoms with Crippen molar-refractivity contribution in [3.8, 4) is 0 Å². The molecule has 3 fully saturated rings. The molecular weight excluding hydrogens is 403 g/mol. The molecule has 2 aliphatic heterocycles. The first kappa shape index (κ1) is 18.6. The maximum absolute atomic E-state index is 15.9. The summed E-state index contributed by atoms with van der Waals surface area (Å²) in [6.45, 7) is 2.30. The Kier molecular flexibility index (Phi) is 3.68. The molecule has 3 aromatic rings. The summed E-state index contributed by atoms with van der Waals surface area (Å²) in [6.07, 6.45) is 6.04. The maximum atomic E-state index is 15.9. The topological polar surface area (TPSA) is 56.3 Å². The van der Waals surface area contributed by atoms with Crippen LogP contribution in [0.25, 0.3) is 17.0 Å². The molecule has 5 heteroatoms. The van der Waals surface area contributed by atoms with E-state index < -0.39 is 5.97 Å². The zero-order chi connectivity index (χ0) is 21.7. The number of carboxylic acids is 1. The van der Waals surface area contributed by atoms with Crippen LogP contribution in [0.2, 0.25) is 0 Å². The van der Waals surface area contributed by atoms with Gasteiger partial charge in [0.25, 0.3) is 0 Å². The molecule has 0 saturated heterocycles. The van der Waals surface area contributed by atoms with E-state index in [-0.39, 0.29) is 11.9 Å². The molecular formula is C27H25FN2O2. The number of carbonyl (C=O) groups is 1. The Morgan fingerprint density at radius 3 is 2.84 bits per heavy atom. The summed E-state index contributed by atoms with van der Waals surface area (Å²) in [5.41, 5.74) is 6.11. The number of halogens is 1. The molecule has 0 spiro atoms. The minimum Gasteiger partial charge on any atom is -0.478 e. The molecule has 32 heavy (non-hydrogen) atoms. The normalized spacial score (nSPS) is 32.3. The zero-order valence-corrected chi connectivity index (χ0v) is 17.9. The largest absolute Gasteiger partial charge is 0.478 e. The molecule has 5 aliphatic rings. The van der Waals surface area contributed by atoms with Crippen LogP contribution < -0.4 is 0 Å². The summed E-state index contributed by atoms with van der Waals surface area (Å²) >= 11 is 0. The van der Waals surface area contributed by atoms with Gasteiger partial charge in [-0.2, -0.15) is 0 Å². The Hall–Kier alpha value is -2.92. The van der Waals surface area contributed by atoms with Crippen LogP contribution in [0, 0.1) is 17.7 Å². The second-order valence-corrected chi connectivity index (χ2v) is 10.2. The number of para-hydroxylation sites is 1. The van der Waals surface area contributed by atoms with Crippen molar-refractivity contribution in [2.75, 3.05) is 0 Å². The number of aromatic nitrogens is 1. The standard InChI is InChI=1S/C27H25FN2O2/c1-13-8-18-17-4-2-3-5-21(17)29-25(18)27-24-19(9-14(10-20(24)28)6-7-22(31)32)23-15-11-16(12-15)26(23)30(13)27/h2-7,9-10,13,15-16,23,26-27,29H,8,11-12H2,1H3,(H,31,32)/b7-6+/t13-,15?,16?,23?,26?,27-/m1/s1. The molecule has 3 aliphatic carbocycles. The van der Waals surface area contributed by atoms with Crippen LogP contribution in [-0.4, -0.2) is 33.0 Å². The number of carboxylic acid groups (broad SMARTS) is 1. The van der Waals surface area contributed by atoms with Gasteiger partial charge < -0.3 is 10.1 Å². The number of nitrogens with one attached hydrogen (secondary N) is 1. The van der Waals surface area contributed by atoms with Gasteiger partial charge in [0.05, 0.1) is 6.04 Å². The molecule has 162 valence electrons. The second-order valence-electron chi connectivity index (χ2n) is 10.2. The van der Waals surface area contributed by atoms with Gasteiger partial charge in [-0.25, -0.2) is 9.18 Å². The third-order valence-corrected chi connectivity index (χ3v) is 8.58. The Bertz CT molecular complexity index is 1320. The highest BCUT2D eigenvalue weighted by atomic mass is 19.1. The van der Waals surface area contributed by atoms with E-state index in [9.17, 15) is 4.79 Å². The first-order valence-electron chi connectivity index (χ1n) is 11.6. The SMILES string of the molecule is C[C@@H]1Cc2c([nH]c3ccccc23)[C@H]2c3c(F)cc(/C=C/C(=O)O)cc3C3C4CC(C4)C3N21. The van der Waals surface area contributed by atoms with Gasteiger partial charge >= 0.3 is 5.97 Å². The average molecular weight is 429 g/mol. The number of fused-ring (bicyclic) bond motifs is 7. The highest BCUT2D eigenvalue weighted by Crippen LogP contribution is 2.65. The van der Waals surface area contributed by atoms with E-state index in [4.69, 9.17) is 5.11 Å². The number of rotatable bonds is 2. The number of aliphatic carboxylic acids is 1. The monoisotopic (exact) mass is 428 g/mol. The van der Waals surface area contributed by atoms with Gasteiger partial charge in [-0.15, -0.1) is 0 Å². The van der Waals surface area contributed by atoms with Gasteiger partial charge in [0.2, 0.25) is 0 Å². The lowest BCUT2D eigenvalue weighted by Crippen LogP contribution is -2.53. The summed E-state index contributed by atoms with van der Waals surface area (Å²) in [5, 5.41) is 10.3. The van der Waals surface area contributed by atoms with Crippen LogP contribution in [0.15, 0.2) is 42.5 Å². The Morgan fingerprint density at radius 2 is 2.03 bits per heavy atom. The summed E-state index contributed by atoms with van der Waals surface area (Å²) in [7, 11) is 0. The third-order valence-electron chi connectivity index (χ3n) is 8.58. The van der Waals surface area contributed by atoms with E-state index in [1.165, 1.54) is 35.9 Å². The number of hydrogen-bond donors (Lipinski definition) is 2. The van der Waals surface area contributed by atoms with Crippen molar-refractivity contribution in [3.63, 3.8) is 0 Å². The van der Waals surface area contributed by atoms with E-state index in [0.717, 1.165) is 34.8 Å². The number of H-pyrrole nitrogens is 1. The van der Waals surface area contributed by atoms with Crippen LogP contribution in [0.3, 0.4) is 0 Å². The molecule has 3 heterocycles. The molecule has 4 nitrogen and oxygen atoms in total. The number of benzene rings is 2. The molecule has 8 rings (SSSR count). The lowest BCUT2D eigenvalue weighted by atomic mass is 9.75. The predicted octanol–water partition coefficient (Wildman–Crippen LogP) is 5.25. The van der Waals surface area contributed by atoms with Crippen LogP contribution in [-0.2, 0) is 11.2 Å². The van der Waals surface area contributed by atoms with Crippen molar-refractivity contribution < 1.29 is 14.3 Å². The van der Waals surface area contributed by atoms with Gasteiger partial charge in [0, 0.05) is 46.2 Å². The summed E-state index contributed by atoms with van der Waals surface area (Å²) in [4.78, 5) is 17.3. The predicted molar refractivity (Wildman–Crippen MR) is 121 cm³/mol. The van der Waals surface area contributed by atoms with Gasteiger partial charge in [0.1, 0.15) is 5.82 Å². The Labute approximate surface area is 185 Å². The number of aromatic amines is 1. The Morgan fingerprint density at radius 1 is 1.22 bits per heavy atom. The fourth-order valence-electron chi connectivity index (χ4n) is 7.45. The molecule has 2 bridgehead atoms. The first-order valence-corrected chi connectivity index (χ1v) is 11.6. The first-order chi connectivity index (χ1) is 15.5. The summed E-state index contributed by atoms with van der Waals surface area (Å²) in [5.74, 6) is 0.393. The van der Waals surface area contributed by atoms with E-state index in [1.54, 1.807) is 0 Å². The molecule has 2 N–H and O–H groups in total. The molecule has 1 aromatic heterocycles. The summed E-state index contributed by atoms with van der Waals surface area (Å²) in [6, 6.07) is 12.6. The van der Waals surface area contributed by atoms with E-state index in [1.807, 2.05) is 6.07 Å². The number of hydrogen-bond acceptors (Lipinski definition) is 2. The maximum Gasteiger partial charge on any atom is 0.328 e. The van der Waals surface area contributed by atoms with Crippen molar-refractivity contribution in [3.05, 3.63) is 76.2 Å². The van der Waals surface area contributed by atoms with Crippen molar-refractivity contribution in [1.29, 1.82) is 0 Å². The lowest BCUT2D eigenvalue weighted by Gasteiger charge is -2.51. The lowest BCUT2D eigenvalue weighted by molar-refractivity contribution is -0.131. The minimum absolute atomic E-state index is 0.116. The molecule has 2 aromatic carbocycles. The third kappa shape index (κ3) is 2.32. The summed E-state index contributed by atoms with van der Waals surface area (Å²) < 4.78 is 15.9. The minimum atomic E-state index is -1.01. The fraction of sp³-hybridized carbons (Fsp3) is 0.370. The van der Waals surface area contributed by atoms with E-state index in [2.05, 4.69) is 41.1 Å². The number of nitrogens with zero attached hydrogens (tertiary/aromatic N) is 1. The molecule has 0 amide bonds. The van der Waals surface area contributed by atoms with Gasteiger partial charge in [-0.1, -0.05) is 24.3 Å². The van der Waals surface area contributed by atoms with Crippen molar-refractivity contribution in [1.82, 2.24) is 9.88 Å². The van der Waals surface area contributed by atoms with Crippen molar-refractivity contribution in [2.24, 2.45) is 11.8 Å².